The number of hydrogen-bond acceptors (Lipinski definition) is 5. The number of fused-ring (bicyclic) bond motifs is 2. The Balaban J connectivity index is 1.56. The molecular formula is C23H19N5OS2. The molecule has 0 bridgehead atoms. The minimum absolute atomic E-state index is 0.0575. The number of rotatable bonds is 2. The predicted molar refractivity (Wildman–Crippen MR) is 131 cm³/mol. The Hall–Kier alpha value is -3.10. The number of nitrogens with one attached hydrogen (secondary N) is 1. The molecule has 1 amide bonds. The molecule has 3 aromatic rings. The van der Waals surface area contributed by atoms with Crippen LogP contribution < -0.4 is 0 Å². The van der Waals surface area contributed by atoms with E-state index in [0.717, 1.165) is 27.0 Å². The van der Waals surface area contributed by atoms with E-state index in [9.17, 15) is 4.79 Å². The maximum Gasteiger partial charge on any atom is 0.283 e. The molecule has 2 aliphatic rings. The number of carbonyl (C=O) groups excluding carboxylic acids is 1. The first kappa shape index (κ1) is 19.8. The highest BCUT2D eigenvalue weighted by Crippen LogP contribution is 2.32. The highest BCUT2D eigenvalue weighted by Gasteiger charge is 2.35. The molecular weight excluding hydrogens is 426 g/mol. The van der Waals surface area contributed by atoms with Crippen LogP contribution >= 0.6 is 23.5 Å². The van der Waals surface area contributed by atoms with Gasteiger partial charge in [-0.2, -0.15) is 10.0 Å². The average molecular weight is 446 g/mol. The second-order valence-corrected chi connectivity index (χ2v) is 9.29. The van der Waals surface area contributed by atoms with E-state index in [1.165, 1.54) is 39.3 Å². The Labute approximate surface area is 188 Å². The highest BCUT2D eigenvalue weighted by atomic mass is 32.2. The van der Waals surface area contributed by atoms with E-state index in [0.29, 0.717) is 5.17 Å². The SMILES string of the molecule is CSC1=NN2C(=N)C(=Cc3cc(C)n(-c4ccc5ccccc5c4)c3C)C(=O)N=C2S1. The van der Waals surface area contributed by atoms with Crippen molar-refractivity contribution in [2.75, 3.05) is 6.26 Å². The van der Waals surface area contributed by atoms with Crippen molar-refractivity contribution < 1.29 is 4.79 Å². The molecule has 3 heterocycles. The first-order valence-corrected chi connectivity index (χ1v) is 11.7. The van der Waals surface area contributed by atoms with Gasteiger partial charge in [0.05, 0.1) is 5.57 Å². The van der Waals surface area contributed by atoms with Gasteiger partial charge in [-0.1, -0.05) is 30.3 Å². The van der Waals surface area contributed by atoms with E-state index in [1.54, 1.807) is 6.08 Å². The van der Waals surface area contributed by atoms with Gasteiger partial charge in [0.15, 0.2) is 10.2 Å². The van der Waals surface area contributed by atoms with E-state index >= 15 is 0 Å². The standard InChI is InChI=1S/C23H19N5OS2/c1-13-10-17(12-19-20(24)28-22(25-21(19)29)31-23(26-28)30-3)14(2)27(13)18-9-8-15-6-4-5-7-16(15)11-18/h4-12,24H,1-3H3. The molecule has 0 atom stereocenters. The fourth-order valence-corrected chi connectivity index (χ4v) is 5.21. The van der Waals surface area contributed by atoms with Crippen molar-refractivity contribution in [3.05, 3.63) is 71.1 Å². The van der Waals surface area contributed by atoms with Crippen molar-refractivity contribution in [1.29, 1.82) is 5.41 Å². The summed E-state index contributed by atoms with van der Waals surface area (Å²) in [6, 6.07) is 16.7. The van der Waals surface area contributed by atoms with Gasteiger partial charge >= 0.3 is 0 Å². The molecule has 2 aromatic carbocycles. The van der Waals surface area contributed by atoms with Crippen molar-refractivity contribution in [3.63, 3.8) is 0 Å². The summed E-state index contributed by atoms with van der Waals surface area (Å²) in [4.78, 5) is 16.8. The fourth-order valence-electron chi connectivity index (χ4n) is 3.86. The predicted octanol–water partition coefficient (Wildman–Crippen LogP) is 5.19. The molecule has 1 aromatic heterocycles. The third kappa shape index (κ3) is 3.32. The van der Waals surface area contributed by atoms with E-state index in [4.69, 9.17) is 5.41 Å². The zero-order valence-electron chi connectivity index (χ0n) is 17.2. The molecule has 5 rings (SSSR count). The maximum absolute atomic E-state index is 12.7. The van der Waals surface area contributed by atoms with Crippen LogP contribution in [-0.2, 0) is 4.79 Å². The van der Waals surface area contributed by atoms with E-state index in [1.807, 2.05) is 38.3 Å². The largest absolute Gasteiger partial charge is 0.318 e. The molecule has 0 fully saturated rings. The van der Waals surface area contributed by atoms with Crippen LogP contribution in [0.15, 0.2) is 64.2 Å². The molecule has 0 spiro atoms. The highest BCUT2D eigenvalue weighted by molar-refractivity contribution is 8.45. The van der Waals surface area contributed by atoms with Gasteiger partial charge in [-0.15, -0.1) is 16.9 Å². The number of hydrogen-bond donors (Lipinski definition) is 1. The molecule has 31 heavy (non-hydrogen) atoms. The Bertz CT molecular complexity index is 1370. The quantitative estimate of drug-likeness (QED) is 0.551. The molecule has 0 saturated carbocycles. The lowest BCUT2D eigenvalue weighted by Gasteiger charge is -2.20. The van der Waals surface area contributed by atoms with Crippen LogP contribution in [0.1, 0.15) is 17.0 Å². The normalized spacial score (nSPS) is 17.4. The van der Waals surface area contributed by atoms with Crippen molar-refractivity contribution in [3.8, 4) is 5.69 Å². The lowest BCUT2D eigenvalue weighted by atomic mass is 10.1. The van der Waals surface area contributed by atoms with Crippen LogP contribution in [0, 0.1) is 19.3 Å². The van der Waals surface area contributed by atoms with Crippen LogP contribution in [0.5, 0.6) is 0 Å². The van der Waals surface area contributed by atoms with E-state index in [2.05, 4.69) is 45.0 Å². The van der Waals surface area contributed by atoms with Crippen LogP contribution in [0.25, 0.3) is 22.5 Å². The third-order valence-electron chi connectivity index (χ3n) is 5.37. The number of amidine groups is 2. The van der Waals surface area contributed by atoms with Gasteiger partial charge in [0.25, 0.3) is 5.91 Å². The number of nitrogens with zero attached hydrogens (tertiary/aromatic N) is 4. The van der Waals surface area contributed by atoms with Crippen LogP contribution in [0.2, 0.25) is 0 Å². The van der Waals surface area contributed by atoms with Crippen molar-refractivity contribution >= 4 is 61.7 Å². The summed E-state index contributed by atoms with van der Waals surface area (Å²) < 4.78 is 2.94. The zero-order valence-corrected chi connectivity index (χ0v) is 18.8. The molecule has 0 radical (unpaired) electrons. The first-order chi connectivity index (χ1) is 15.0. The van der Waals surface area contributed by atoms with Gasteiger partial charge in [-0.05, 0) is 72.5 Å². The van der Waals surface area contributed by atoms with Crippen molar-refractivity contribution in [1.82, 2.24) is 9.58 Å². The second kappa shape index (κ2) is 7.55. The van der Waals surface area contributed by atoms with E-state index in [-0.39, 0.29) is 11.4 Å². The number of benzene rings is 2. The van der Waals surface area contributed by atoms with Crippen LogP contribution in [0.4, 0.5) is 0 Å². The molecule has 8 heteroatoms. The summed E-state index contributed by atoms with van der Waals surface area (Å²) in [7, 11) is 0. The second-order valence-electron chi connectivity index (χ2n) is 7.28. The summed E-state index contributed by atoms with van der Waals surface area (Å²) in [6.07, 6.45) is 3.66. The average Bonchev–Trinajstić information content (AvgIpc) is 3.30. The Morgan fingerprint density at radius 2 is 1.87 bits per heavy atom. The number of thioether (sulfide) groups is 2. The Kier molecular flexibility index (Phi) is 4.83. The van der Waals surface area contributed by atoms with Crippen LogP contribution in [0.3, 0.4) is 0 Å². The summed E-state index contributed by atoms with van der Waals surface area (Å²) >= 11 is 2.79. The van der Waals surface area contributed by atoms with Gasteiger partial charge in [0, 0.05) is 17.1 Å². The maximum atomic E-state index is 12.7. The smallest absolute Gasteiger partial charge is 0.283 e. The third-order valence-corrected chi connectivity index (χ3v) is 7.26. The topological polar surface area (TPSA) is 73.8 Å². The lowest BCUT2D eigenvalue weighted by Crippen LogP contribution is -2.35. The van der Waals surface area contributed by atoms with Gasteiger partial charge in [0.1, 0.15) is 0 Å². The number of aromatic nitrogens is 1. The number of hydrazone groups is 1. The summed E-state index contributed by atoms with van der Waals surface area (Å²) in [5, 5.41) is 17.2. The monoisotopic (exact) mass is 445 g/mol. The Morgan fingerprint density at radius 1 is 1.10 bits per heavy atom. The summed E-state index contributed by atoms with van der Waals surface area (Å²) in [5.74, 6) is -0.348. The van der Waals surface area contributed by atoms with Gasteiger partial charge < -0.3 is 4.57 Å². The summed E-state index contributed by atoms with van der Waals surface area (Å²) in [6.45, 7) is 4.07. The first-order valence-electron chi connectivity index (χ1n) is 9.68. The minimum Gasteiger partial charge on any atom is -0.318 e. The zero-order chi connectivity index (χ0) is 21.7. The van der Waals surface area contributed by atoms with Crippen molar-refractivity contribution in [2.45, 2.75) is 13.8 Å². The van der Waals surface area contributed by atoms with Gasteiger partial charge in [0.2, 0.25) is 5.17 Å². The fraction of sp³-hybridized carbons (Fsp3) is 0.130. The molecule has 0 aliphatic carbocycles. The number of carbonyl (C=O) groups is 1. The Morgan fingerprint density at radius 3 is 2.65 bits per heavy atom. The number of aliphatic imine (C=N–C) groups is 1. The van der Waals surface area contributed by atoms with Gasteiger partial charge in [-0.25, -0.2) is 0 Å². The minimum atomic E-state index is -0.406. The molecule has 6 nitrogen and oxygen atoms in total. The van der Waals surface area contributed by atoms with Gasteiger partial charge in [-0.3, -0.25) is 10.2 Å². The van der Waals surface area contributed by atoms with E-state index < -0.39 is 5.91 Å². The molecule has 1 N–H and O–H groups in total. The van der Waals surface area contributed by atoms with Crippen LogP contribution in [-0.4, -0.2) is 37.1 Å². The molecule has 0 unspecified atom stereocenters. The molecule has 154 valence electrons. The molecule has 2 aliphatic heterocycles. The lowest BCUT2D eigenvalue weighted by molar-refractivity contribution is -0.114. The number of aryl methyl sites for hydroxylation is 1. The summed E-state index contributed by atoms with van der Waals surface area (Å²) in [5.41, 5.74) is 4.25. The number of amides is 1. The van der Waals surface area contributed by atoms with Crippen molar-refractivity contribution in [2.24, 2.45) is 10.1 Å². The molecule has 0 saturated heterocycles.